The molecule has 0 spiro atoms. The van der Waals surface area contributed by atoms with Gasteiger partial charge >= 0.3 is 0 Å². The van der Waals surface area contributed by atoms with Crippen LogP contribution in [0.2, 0.25) is 0 Å². The van der Waals surface area contributed by atoms with E-state index in [2.05, 4.69) is 15.4 Å². The molecular weight excluding hydrogens is 374 g/mol. The smallest absolute Gasteiger partial charge is 0.252 e. The molecule has 0 aliphatic carbocycles. The van der Waals surface area contributed by atoms with Crippen LogP contribution in [0.1, 0.15) is 57.1 Å². The maximum absolute atomic E-state index is 12.6. The molecule has 1 fully saturated rings. The van der Waals surface area contributed by atoms with Gasteiger partial charge in [0, 0.05) is 55.2 Å². The first-order valence-electron chi connectivity index (χ1n) is 10.2. The first-order chi connectivity index (χ1) is 13.6. The summed E-state index contributed by atoms with van der Waals surface area (Å²) in [6.07, 6.45) is 4.25. The zero-order valence-electron chi connectivity index (χ0n) is 16.8. The van der Waals surface area contributed by atoms with Crippen molar-refractivity contribution in [2.75, 3.05) is 26.3 Å². The highest BCUT2D eigenvalue weighted by molar-refractivity contribution is 7.10. The van der Waals surface area contributed by atoms with E-state index in [0.29, 0.717) is 5.92 Å². The summed E-state index contributed by atoms with van der Waals surface area (Å²) in [5, 5.41) is 9.20. The van der Waals surface area contributed by atoms with Gasteiger partial charge < -0.3 is 14.6 Å². The average Bonchev–Trinajstić information content (AvgIpc) is 3.42. The lowest BCUT2D eigenvalue weighted by atomic mass is 10.0. The molecule has 4 rings (SSSR count). The Balaban J connectivity index is 1.30. The summed E-state index contributed by atoms with van der Waals surface area (Å²) in [6, 6.07) is 0. The van der Waals surface area contributed by atoms with Crippen molar-refractivity contribution >= 4 is 17.2 Å². The molecule has 152 valence electrons. The predicted octanol–water partition coefficient (Wildman–Crippen LogP) is 3.46. The first kappa shape index (κ1) is 19.6. The number of rotatable bonds is 7. The van der Waals surface area contributed by atoms with Crippen LogP contribution in [0, 0.1) is 19.8 Å². The summed E-state index contributed by atoms with van der Waals surface area (Å²) in [5.41, 5.74) is 4.27. The molecule has 28 heavy (non-hydrogen) atoms. The van der Waals surface area contributed by atoms with Gasteiger partial charge in [-0.25, -0.2) is 0 Å². The number of hydrogen-bond acceptors (Lipinski definition) is 6. The van der Waals surface area contributed by atoms with Crippen molar-refractivity contribution in [3.63, 3.8) is 0 Å². The quantitative estimate of drug-likeness (QED) is 0.717. The second kappa shape index (κ2) is 8.76. The van der Waals surface area contributed by atoms with Crippen molar-refractivity contribution in [1.29, 1.82) is 0 Å². The Kier molecular flexibility index (Phi) is 6.13. The van der Waals surface area contributed by atoms with Crippen LogP contribution in [0.3, 0.4) is 0 Å². The van der Waals surface area contributed by atoms with E-state index in [-0.39, 0.29) is 5.91 Å². The lowest BCUT2D eigenvalue weighted by molar-refractivity contribution is 0.0951. The van der Waals surface area contributed by atoms with Gasteiger partial charge in [0.15, 0.2) is 0 Å². The third-order valence-corrected chi connectivity index (χ3v) is 6.95. The normalized spacial score (nSPS) is 19.7. The monoisotopic (exact) mass is 403 g/mol. The number of thiophene rings is 1. The minimum absolute atomic E-state index is 0.0827. The van der Waals surface area contributed by atoms with Gasteiger partial charge in [-0.1, -0.05) is 5.16 Å². The van der Waals surface area contributed by atoms with Crippen LogP contribution in [0.4, 0.5) is 0 Å². The lowest BCUT2D eigenvalue weighted by Gasteiger charge is -2.27. The van der Waals surface area contributed by atoms with E-state index in [9.17, 15) is 4.79 Å². The van der Waals surface area contributed by atoms with Gasteiger partial charge in [0.2, 0.25) is 0 Å². The number of carbonyl (C=O) groups excluding carboxylic acids is 1. The fraction of sp³-hybridized carbons (Fsp3) is 0.619. The first-order valence-corrected chi connectivity index (χ1v) is 11.1. The zero-order valence-corrected chi connectivity index (χ0v) is 17.6. The summed E-state index contributed by atoms with van der Waals surface area (Å²) in [4.78, 5) is 16.4. The molecule has 1 unspecified atom stereocenters. The Bertz CT molecular complexity index is 803. The van der Waals surface area contributed by atoms with Crippen LogP contribution in [0.15, 0.2) is 9.90 Å². The predicted molar refractivity (Wildman–Crippen MR) is 109 cm³/mol. The largest absolute Gasteiger partial charge is 0.381 e. The second-order valence-electron chi connectivity index (χ2n) is 7.94. The van der Waals surface area contributed by atoms with Gasteiger partial charge in [-0.3, -0.25) is 9.69 Å². The molecule has 0 aromatic carbocycles. The van der Waals surface area contributed by atoms with E-state index in [1.54, 1.807) is 11.3 Å². The van der Waals surface area contributed by atoms with Crippen molar-refractivity contribution < 1.29 is 14.1 Å². The molecule has 7 heteroatoms. The molecule has 2 aromatic rings. The molecule has 4 heterocycles. The number of fused-ring (bicyclic) bond motifs is 1. The third kappa shape index (κ3) is 4.31. The van der Waals surface area contributed by atoms with Crippen molar-refractivity contribution in [2.24, 2.45) is 5.92 Å². The summed E-state index contributed by atoms with van der Waals surface area (Å²) >= 11 is 1.71. The average molecular weight is 404 g/mol. The van der Waals surface area contributed by atoms with Gasteiger partial charge in [0.05, 0.1) is 11.3 Å². The summed E-state index contributed by atoms with van der Waals surface area (Å²) in [5.74, 6) is 1.66. The zero-order chi connectivity index (χ0) is 19.5. The van der Waals surface area contributed by atoms with E-state index in [0.717, 1.165) is 82.1 Å². The molecule has 1 saturated heterocycles. The van der Waals surface area contributed by atoms with Gasteiger partial charge in [-0.2, -0.15) is 0 Å². The Hall–Kier alpha value is -1.70. The maximum Gasteiger partial charge on any atom is 0.252 e. The number of nitrogens with one attached hydrogen (secondary N) is 1. The Labute approximate surface area is 170 Å². The molecule has 1 atom stereocenters. The molecule has 2 aromatic heterocycles. The number of carbonyl (C=O) groups is 1. The van der Waals surface area contributed by atoms with E-state index in [4.69, 9.17) is 9.26 Å². The highest BCUT2D eigenvalue weighted by Crippen LogP contribution is 2.30. The highest BCUT2D eigenvalue weighted by atomic mass is 32.1. The topological polar surface area (TPSA) is 67.6 Å². The van der Waals surface area contributed by atoms with E-state index in [1.807, 2.05) is 19.2 Å². The van der Waals surface area contributed by atoms with Crippen molar-refractivity contribution in [2.45, 2.75) is 52.6 Å². The minimum atomic E-state index is 0.0827. The fourth-order valence-electron chi connectivity index (χ4n) is 4.16. The number of nitrogens with zero attached hydrogens (tertiary/aromatic N) is 2. The van der Waals surface area contributed by atoms with Gasteiger partial charge in [-0.15, -0.1) is 11.3 Å². The SMILES string of the molecule is Cc1noc(C)c1CN1CCc2c(C(=O)NCCCC3CCOC3)csc2C1. The number of ether oxygens (including phenoxy) is 1. The molecule has 1 N–H and O–H groups in total. The van der Waals surface area contributed by atoms with E-state index < -0.39 is 0 Å². The summed E-state index contributed by atoms with van der Waals surface area (Å²) in [6.45, 7) is 9.19. The van der Waals surface area contributed by atoms with Crippen molar-refractivity contribution in [3.05, 3.63) is 38.4 Å². The van der Waals surface area contributed by atoms with Crippen LogP contribution in [0.25, 0.3) is 0 Å². The Morgan fingerprint density at radius 3 is 3.07 bits per heavy atom. The molecule has 2 aliphatic heterocycles. The summed E-state index contributed by atoms with van der Waals surface area (Å²) in [7, 11) is 0. The Morgan fingerprint density at radius 2 is 2.32 bits per heavy atom. The molecule has 1 amide bonds. The second-order valence-corrected chi connectivity index (χ2v) is 8.91. The maximum atomic E-state index is 12.6. The fourth-order valence-corrected chi connectivity index (χ4v) is 5.28. The molecule has 0 radical (unpaired) electrons. The van der Waals surface area contributed by atoms with Crippen LogP contribution in [-0.2, 0) is 24.2 Å². The van der Waals surface area contributed by atoms with Crippen molar-refractivity contribution in [1.82, 2.24) is 15.4 Å². The standard InChI is InChI=1S/C21H29N3O3S/c1-14-18(15(2)27-23-14)10-24-8-5-17-19(13-28-20(17)11-24)21(25)22-7-3-4-16-6-9-26-12-16/h13,16H,3-12H2,1-2H3,(H,22,25). The molecular formula is C21H29N3O3S. The van der Waals surface area contributed by atoms with Crippen LogP contribution >= 0.6 is 11.3 Å². The van der Waals surface area contributed by atoms with Crippen LogP contribution in [0.5, 0.6) is 0 Å². The number of hydrogen-bond donors (Lipinski definition) is 1. The molecule has 2 aliphatic rings. The summed E-state index contributed by atoms with van der Waals surface area (Å²) < 4.78 is 10.7. The molecule has 0 saturated carbocycles. The van der Waals surface area contributed by atoms with Crippen LogP contribution < -0.4 is 5.32 Å². The third-order valence-electron chi connectivity index (χ3n) is 5.93. The van der Waals surface area contributed by atoms with Gasteiger partial charge in [-0.05, 0) is 51.0 Å². The number of aromatic nitrogens is 1. The van der Waals surface area contributed by atoms with Crippen molar-refractivity contribution in [3.8, 4) is 0 Å². The molecule has 0 bridgehead atoms. The Morgan fingerprint density at radius 1 is 1.43 bits per heavy atom. The van der Waals surface area contributed by atoms with Gasteiger partial charge in [0.1, 0.15) is 5.76 Å². The van der Waals surface area contributed by atoms with Gasteiger partial charge in [0.25, 0.3) is 5.91 Å². The van der Waals surface area contributed by atoms with E-state index in [1.165, 1.54) is 16.0 Å². The minimum Gasteiger partial charge on any atom is -0.381 e. The molecule has 6 nitrogen and oxygen atoms in total. The van der Waals surface area contributed by atoms with Crippen LogP contribution in [-0.4, -0.2) is 42.3 Å². The lowest BCUT2D eigenvalue weighted by Crippen LogP contribution is -2.31. The highest BCUT2D eigenvalue weighted by Gasteiger charge is 2.25. The van der Waals surface area contributed by atoms with E-state index >= 15 is 0 Å². The number of amides is 1. The number of aryl methyl sites for hydroxylation is 2.